The maximum Gasteiger partial charge on any atom is 0.0547 e. The molecule has 0 fully saturated rings. The summed E-state index contributed by atoms with van der Waals surface area (Å²) in [5, 5.41) is 12.8. The Morgan fingerprint density at radius 3 is 1.54 bits per heavy atom. The molecule has 0 unspecified atom stereocenters. The zero-order valence-electron chi connectivity index (χ0n) is 27.2. The zero-order valence-corrected chi connectivity index (χ0v) is 27.2. The van der Waals surface area contributed by atoms with Gasteiger partial charge in [-0.2, -0.15) is 0 Å². The van der Waals surface area contributed by atoms with Crippen molar-refractivity contribution in [3.8, 4) is 22.5 Å². The molecule has 2 heterocycles. The third-order valence-corrected chi connectivity index (χ3v) is 10.7. The highest BCUT2D eigenvalue weighted by Crippen LogP contribution is 2.42. The molecule has 0 aliphatic heterocycles. The van der Waals surface area contributed by atoms with Crippen molar-refractivity contribution in [3.05, 3.63) is 182 Å². The summed E-state index contributed by atoms with van der Waals surface area (Å²) >= 11 is 0. The predicted octanol–water partition coefficient (Wildman–Crippen LogP) is 13.0. The maximum absolute atomic E-state index is 2.43. The summed E-state index contributed by atoms with van der Waals surface area (Å²) in [5.74, 6) is 0. The minimum atomic E-state index is 1.17. The number of benzene rings is 9. The van der Waals surface area contributed by atoms with Gasteiger partial charge in [-0.15, -0.1) is 0 Å². The third-order valence-electron chi connectivity index (χ3n) is 10.7. The lowest BCUT2D eigenvalue weighted by Gasteiger charge is -2.12. The molecular weight excluding hydrogens is 605 g/mol. The van der Waals surface area contributed by atoms with E-state index in [-0.39, 0.29) is 0 Å². The van der Waals surface area contributed by atoms with E-state index < -0.39 is 0 Å². The summed E-state index contributed by atoms with van der Waals surface area (Å²) in [6, 6.07) is 66.7. The predicted molar refractivity (Wildman–Crippen MR) is 213 cm³/mol. The standard InChI is InChI=1S/C48H30N2/c1-2-13-35(14-3-1)50-45-27-23-31-11-4-5-15-38(31)47(45)48-42-30-33-12-10-18-37(41(33)29-34(42)24-28-46(48)50)32-21-25-36(26-22-32)49-43-19-8-6-16-39(43)40-17-7-9-20-44(40)49/h1-30H. The minimum Gasteiger partial charge on any atom is -0.309 e. The van der Waals surface area contributed by atoms with Crippen molar-refractivity contribution in [2.45, 2.75) is 0 Å². The van der Waals surface area contributed by atoms with Crippen molar-refractivity contribution in [1.82, 2.24) is 9.13 Å². The molecule has 11 aromatic rings. The monoisotopic (exact) mass is 634 g/mol. The molecule has 0 atom stereocenters. The Morgan fingerprint density at radius 1 is 0.280 bits per heavy atom. The molecule has 2 nitrogen and oxygen atoms in total. The summed E-state index contributed by atoms with van der Waals surface area (Å²) in [6.07, 6.45) is 0. The smallest absolute Gasteiger partial charge is 0.0547 e. The second-order valence-corrected chi connectivity index (χ2v) is 13.3. The molecule has 2 aromatic heterocycles. The van der Waals surface area contributed by atoms with Crippen LogP contribution in [0, 0.1) is 0 Å². The number of para-hydroxylation sites is 3. The molecule has 50 heavy (non-hydrogen) atoms. The van der Waals surface area contributed by atoms with Crippen LogP contribution in [0.2, 0.25) is 0 Å². The summed E-state index contributed by atoms with van der Waals surface area (Å²) in [6.45, 7) is 0. The lowest BCUT2D eigenvalue weighted by Crippen LogP contribution is -1.93. The SMILES string of the molecule is c1ccc(-n2c3ccc4ccccc4c3c3c4cc5cccc(-c6ccc(-n7c8ccccc8c8ccccc87)cc6)c5cc4ccc32)cc1. The van der Waals surface area contributed by atoms with E-state index in [1.54, 1.807) is 0 Å². The summed E-state index contributed by atoms with van der Waals surface area (Å²) in [7, 11) is 0. The van der Waals surface area contributed by atoms with Gasteiger partial charge in [-0.3, -0.25) is 0 Å². The third kappa shape index (κ3) is 3.85. The van der Waals surface area contributed by atoms with Crippen molar-refractivity contribution in [1.29, 1.82) is 0 Å². The van der Waals surface area contributed by atoms with E-state index in [1.807, 2.05) is 0 Å². The van der Waals surface area contributed by atoms with E-state index >= 15 is 0 Å². The Kier molecular flexibility index (Phi) is 5.70. The van der Waals surface area contributed by atoms with E-state index in [9.17, 15) is 0 Å². The van der Waals surface area contributed by atoms with Crippen LogP contribution in [0.15, 0.2) is 182 Å². The average Bonchev–Trinajstić information content (AvgIpc) is 3.71. The molecular formula is C48H30N2. The molecule has 2 heteroatoms. The number of fused-ring (bicyclic) bond motifs is 11. The molecule has 11 rings (SSSR count). The van der Waals surface area contributed by atoms with Crippen molar-refractivity contribution in [3.63, 3.8) is 0 Å². The topological polar surface area (TPSA) is 9.86 Å². The van der Waals surface area contributed by atoms with Gasteiger partial charge in [0.15, 0.2) is 0 Å². The van der Waals surface area contributed by atoms with Crippen LogP contribution in [-0.4, -0.2) is 9.13 Å². The molecule has 0 N–H and O–H groups in total. The Labute approximate surface area is 288 Å². The van der Waals surface area contributed by atoms with Gasteiger partial charge in [-0.05, 0) is 104 Å². The van der Waals surface area contributed by atoms with Gasteiger partial charge in [0.25, 0.3) is 0 Å². The van der Waals surface area contributed by atoms with Gasteiger partial charge in [0.05, 0.1) is 22.1 Å². The average molecular weight is 635 g/mol. The van der Waals surface area contributed by atoms with Crippen LogP contribution in [0.1, 0.15) is 0 Å². The van der Waals surface area contributed by atoms with Crippen LogP contribution in [0.4, 0.5) is 0 Å². The number of hydrogen-bond acceptors (Lipinski definition) is 0. The van der Waals surface area contributed by atoms with Gasteiger partial charge >= 0.3 is 0 Å². The van der Waals surface area contributed by atoms with Crippen LogP contribution >= 0.6 is 0 Å². The van der Waals surface area contributed by atoms with Crippen molar-refractivity contribution >= 4 is 75.9 Å². The molecule has 0 radical (unpaired) electrons. The van der Waals surface area contributed by atoms with Gasteiger partial charge in [-0.25, -0.2) is 0 Å². The zero-order chi connectivity index (χ0) is 32.8. The van der Waals surface area contributed by atoms with Crippen LogP contribution in [0.3, 0.4) is 0 Å². The minimum absolute atomic E-state index is 1.17. The quantitative estimate of drug-likeness (QED) is 0.171. The molecule has 9 aromatic carbocycles. The second-order valence-electron chi connectivity index (χ2n) is 13.3. The maximum atomic E-state index is 2.43. The molecule has 0 bridgehead atoms. The molecule has 0 aliphatic carbocycles. The van der Waals surface area contributed by atoms with Crippen molar-refractivity contribution in [2.24, 2.45) is 0 Å². The first kappa shape index (κ1) is 27.3. The Morgan fingerprint density at radius 2 is 0.800 bits per heavy atom. The lowest BCUT2D eigenvalue weighted by atomic mass is 9.93. The fourth-order valence-electron chi connectivity index (χ4n) is 8.47. The van der Waals surface area contributed by atoms with E-state index in [1.165, 1.54) is 98.4 Å². The van der Waals surface area contributed by atoms with Crippen LogP contribution in [0.5, 0.6) is 0 Å². The van der Waals surface area contributed by atoms with E-state index in [0.29, 0.717) is 0 Å². The fraction of sp³-hybridized carbons (Fsp3) is 0. The fourth-order valence-corrected chi connectivity index (χ4v) is 8.47. The van der Waals surface area contributed by atoms with Crippen LogP contribution in [-0.2, 0) is 0 Å². The molecule has 0 aliphatic rings. The van der Waals surface area contributed by atoms with Gasteiger partial charge in [0.2, 0.25) is 0 Å². The normalized spacial score (nSPS) is 12.0. The summed E-state index contributed by atoms with van der Waals surface area (Å²) in [5.41, 5.74) is 9.72. The number of rotatable bonds is 3. The van der Waals surface area contributed by atoms with Gasteiger partial charge in [-0.1, -0.05) is 121 Å². The van der Waals surface area contributed by atoms with Crippen molar-refractivity contribution < 1.29 is 0 Å². The van der Waals surface area contributed by atoms with Gasteiger partial charge in [0, 0.05) is 32.9 Å². The van der Waals surface area contributed by atoms with Gasteiger partial charge < -0.3 is 9.13 Å². The molecule has 0 amide bonds. The summed E-state index contributed by atoms with van der Waals surface area (Å²) < 4.78 is 4.81. The second kappa shape index (κ2) is 10.4. The van der Waals surface area contributed by atoms with E-state index in [4.69, 9.17) is 0 Å². The Bertz CT molecular complexity index is 3070. The molecule has 0 saturated carbocycles. The summed E-state index contributed by atoms with van der Waals surface area (Å²) in [4.78, 5) is 0. The van der Waals surface area contributed by atoms with Crippen LogP contribution < -0.4 is 0 Å². The Balaban J connectivity index is 1.13. The first-order valence-electron chi connectivity index (χ1n) is 17.3. The number of aromatic nitrogens is 2. The molecule has 0 spiro atoms. The Hall–Kier alpha value is -6.64. The van der Waals surface area contributed by atoms with Crippen molar-refractivity contribution in [2.75, 3.05) is 0 Å². The number of hydrogen-bond donors (Lipinski definition) is 0. The molecule has 0 saturated heterocycles. The number of nitrogens with zero attached hydrogens (tertiary/aromatic N) is 2. The highest BCUT2D eigenvalue weighted by molar-refractivity contribution is 6.29. The molecule has 232 valence electrons. The highest BCUT2D eigenvalue weighted by Gasteiger charge is 2.18. The first-order chi connectivity index (χ1) is 24.8. The van der Waals surface area contributed by atoms with Gasteiger partial charge in [0.1, 0.15) is 0 Å². The van der Waals surface area contributed by atoms with E-state index in [0.717, 1.165) is 0 Å². The first-order valence-corrected chi connectivity index (χ1v) is 17.3. The lowest BCUT2D eigenvalue weighted by molar-refractivity contribution is 1.18. The van der Waals surface area contributed by atoms with E-state index in [2.05, 4.69) is 191 Å². The largest absolute Gasteiger partial charge is 0.309 e. The van der Waals surface area contributed by atoms with Crippen LogP contribution in [0.25, 0.3) is 98.4 Å². The highest BCUT2D eigenvalue weighted by atomic mass is 15.0.